The molecule has 2 N–H and O–H groups in total. The van der Waals surface area contributed by atoms with Gasteiger partial charge in [-0.15, -0.1) is 0 Å². The van der Waals surface area contributed by atoms with Crippen molar-refractivity contribution >= 4 is 39.2 Å². The Morgan fingerprint density at radius 1 is 1.59 bits per heavy atom. The normalized spacial score (nSPS) is 11.4. The number of nitrogen functional groups attached to an aromatic ring is 1. The van der Waals surface area contributed by atoms with E-state index in [0.29, 0.717) is 0 Å². The minimum absolute atomic E-state index is 0.0463. The molecular formula is C10H9BrClF2NO2. The largest absolute Gasteiger partial charge is 0.461 e. The average molecular weight is 329 g/mol. The first-order chi connectivity index (χ1) is 7.80. The lowest BCUT2D eigenvalue weighted by molar-refractivity contribution is -0.173. The number of alkyl halides is 2. The van der Waals surface area contributed by atoms with Gasteiger partial charge in [0.1, 0.15) is 0 Å². The van der Waals surface area contributed by atoms with Crippen molar-refractivity contribution in [2.75, 3.05) is 12.3 Å². The van der Waals surface area contributed by atoms with Gasteiger partial charge < -0.3 is 10.5 Å². The standard InChI is InChI=1S/C10H9BrClF2NO2/c1-2-17-9(16)10(13,14)6-3-5(12)4-7(11)8(6)15/h3-4H,2,15H2,1H3. The second-order valence-corrected chi connectivity index (χ2v) is 4.43. The Hall–Kier alpha value is -0.880. The van der Waals surface area contributed by atoms with E-state index in [4.69, 9.17) is 17.3 Å². The maximum Gasteiger partial charge on any atom is 0.382 e. The van der Waals surface area contributed by atoms with Crippen LogP contribution < -0.4 is 5.73 Å². The van der Waals surface area contributed by atoms with Crippen molar-refractivity contribution in [1.29, 1.82) is 0 Å². The van der Waals surface area contributed by atoms with Gasteiger partial charge in [-0.2, -0.15) is 8.78 Å². The monoisotopic (exact) mass is 327 g/mol. The summed E-state index contributed by atoms with van der Waals surface area (Å²) in [5.41, 5.74) is 4.56. The topological polar surface area (TPSA) is 52.3 Å². The number of halogens is 4. The number of anilines is 1. The Labute approximate surface area is 110 Å². The van der Waals surface area contributed by atoms with E-state index in [1.165, 1.54) is 13.0 Å². The number of carbonyl (C=O) groups is 1. The van der Waals surface area contributed by atoms with Crippen LogP contribution in [0, 0.1) is 0 Å². The van der Waals surface area contributed by atoms with Crippen molar-refractivity contribution in [3.8, 4) is 0 Å². The van der Waals surface area contributed by atoms with Gasteiger partial charge in [-0.1, -0.05) is 11.6 Å². The lowest BCUT2D eigenvalue weighted by Gasteiger charge is -2.17. The highest BCUT2D eigenvalue weighted by atomic mass is 79.9. The van der Waals surface area contributed by atoms with E-state index in [0.717, 1.165) is 6.07 Å². The molecule has 17 heavy (non-hydrogen) atoms. The van der Waals surface area contributed by atoms with E-state index in [9.17, 15) is 13.6 Å². The smallest absolute Gasteiger partial charge is 0.382 e. The number of ether oxygens (including phenoxy) is 1. The third-order valence-electron chi connectivity index (χ3n) is 1.96. The third kappa shape index (κ3) is 2.87. The molecule has 1 aromatic carbocycles. The molecule has 1 rings (SSSR count). The number of esters is 1. The highest BCUT2D eigenvalue weighted by Crippen LogP contribution is 2.38. The summed E-state index contributed by atoms with van der Waals surface area (Å²) in [6, 6.07) is 2.31. The van der Waals surface area contributed by atoms with E-state index >= 15 is 0 Å². The molecule has 94 valence electrons. The molecule has 0 heterocycles. The van der Waals surface area contributed by atoms with E-state index in [2.05, 4.69) is 20.7 Å². The molecule has 0 radical (unpaired) electrons. The van der Waals surface area contributed by atoms with Crippen LogP contribution in [0.5, 0.6) is 0 Å². The maximum atomic E-state index is 13.7. The van der Waals surface area contributed by atoms with Gasteiger partial charge >= 0.3 is 11.9 Å². The molecule has 0 saturated carbocycles. The molecule has 0 aliphatic heterocycles. The lowest BCUT2D eigenvalue weighted by atomic mass is 10.1. The van der Waals surface area contributed by atoms with Crippen molar-refractivity contribution in [3.63, 3.8) is 0 Å². The second kappa shape index (κ2) is 5.18. The van der Waals surface area contributed by atoms with Crippen molar-refractivity contribution in [3.05, 3.63) is 27.2 Å². The highest BCUT2D eigenvalue weighted by molar-refractivity contribution is 9.10. The van der Waals surface area contributed by atoms with Gasteiger partial charge in [0.25, 0.3) is 0 Å². The number of rotatable bonds is 3. The number of benzene rings is 1. The minimum atomic E-state index is -3.83. The minimum Gasteiger partial charge on any atom is -0.461 e. The quantitative estimate of drug-likeness (QED) is 0.684. The molecule has 0 spiro atoms. The Morgan fingerprint density at radius 3 is 2.71 bits per heavy atom. The van der Waals surface area contributed by atoms with Crippen molar-refractivity contribution in [1.82, 2.24) is 0 Å². The van der Waals surface area contributed by atoms with Crippen LogP contribution in [0.15, 0.2) is 16.6 Å². The molecule has 0 aliphatic carbocycles. The third-order valence-corrected chi connectivity index (χ3v) is 2.84. The van der Waals surface area contributed by atoms with Crippen LogP contribution in [0.2, 0.25) is 5.02 Å². The van der Waals surface area contributed by atoms with Crippen LogP contribution in [0.25, 0.3) is 0 Å². The van der Waals surface area contributed by atoms with E-state index < -0.39 is 17.5 Å². The van der Waals surface area contributed by atoms with E-state index in [1.807, 2.05) is 0 Å². The Bertz CT molecular complexity index is 454. The molecule has 0 bridgehead atoms. The highest BCUT2D eigenvalue weighted by Gasteiger charge is 2.44. The Balaban J connectivity index is 3.27. The van der Waals surface area contributed by atoms with E-state index in [-0.39, 0.29) is 21.8 Å². The van der Waals surface area contributed by atoms with Crippen LogP contribution in [-0.2, 0) is 15.5 Å². The average Bonchev–Trinajstić information content (AvgIpc) is 2.23. The molecule has 0 aromatic heterocycles. The van der Waals surface area contributed by atoms with Gasteiger partial charge in [-0.3, -0.25) is 0 Å². The Kier molecular flexibility index (Phi) is 4.32. The van der Waals surface area contributed by atoms with Crippen LogP contribution in [0.1, 0.15) is 12.5 Å². The van der Waals surface area contributed by atoms with Gasteiger partial charge in [0, 0.05) is 9.50 Å². The Morgan fingerprint density at radius 2 is 2.18 bits per heavy atom. The van der Waals surface area contributed by atoms with E-state index in [1.54, 1.807) is 0 Å². The van der Waals surface area contributed by atoms with Crippen molar-refractivity contribution < 1.29 is 18.3 Å². The van der Waals surface area contributed by atoms with Crippen LogP contribution in [0.4, 0.5) is 14.5 Å². The summed E-state index contributed by atoms with van der Waals surface area (Å²) >= 11 is 8.62. The molecule has 7 heteroatoms. The molecule has 0 aliphatic rings. The van der Waals surface area contributed by atoms with Gasteiger partial charge in [-0.05, 0) is 35.0 Å². The molecule has 0 saturated heterocycles. The van der Waals surface area contributed by atoms with Crippen LogP contribution >= 0.6 is 27.5 Å². The maximum absolute atomic E-state index is 13.7. The zero-order chi connectivity index (χ0) is 13.2. The summed E-state index contributed by atoms with van der Waals surface area (Å²) in [5.74, 6) is -5.48. The summed E-state index contributed by atoms with van der Waals surface area (Å²) in [6.07, 6.45) is 0. The summed E-state index contributed by atoms with van der Waals surface area (Å²) in [5, 5.41) is 0.0463. The first-order valence-electron chi connectivity index (χ1n) is 4.60. The SMILES string of the molecule is CCOC(=O)C(F)(F)c1cc(Cl)cc(Br)c1N. The molecule has 0 unspecified atom stereocenters. The molecule has 0 fully saturated rings. The number of hydrogen-bond acceptors (Lipinski definition) is 3. The van der Waals surface area contributed by atoms with Crippen LogP contribution in [0.3, 0.4) is 0 Å². The fourth-order valence-corrected chi connectivity index (χ4v) is 1.99. The van der Waals surface area contributed by atoms with Gasteiger partial charge in [0.15, 0.2) is 0 Å². The van der Waals surface area contributed by atoms with Crippen LogP contribution in [-0.4, -0.2) is 12.6 Å². The summed E-state index contributed by atoms with van der Waals surface area (Å²) in [6.45, 7) is 1.29. The van der Waals surface area contributed by atoms with Crippen molar-refractivity contribution in [2.45, 2.75) is 12.8 Å². The van der Waals surface area contributed by atoms with Gasteiger partial charge in [0.2, 0.25) is 0 Å². The summed E-state index contributed by atoms with van der Waals surface area (Å²) < 4.78 is 31.9. The summed E-state index contributed by atoms with van der Waals surface area (Å²) in [4.78, 5) is 11.2. The summed E-state index contributed by atoms with van der Waals surface area (Å²) in [7, 11) is 0. The second-order valence-electron chi connectivity index (χ2n) is 3.14. The fraction of sp³-hybridized carbons (Fsp3) is 0.300. The molecule has 0 amide bonds. The number of nitrogens with two attached hydrogens (primary N) is 1. The molecule has 1 aromatic rings. The number of hydrogen-bond donors (Lipinski definition) is 1. The first-order valence-corrected chi connectivity index (χ1v) is 5.77. The zero-order valence-electron chi connectivity index (χ0n) is 8.77. The predicted octanol–water partition coefficient (Wildman–Crippen LogP) is 3.34. The number of carbonyl (C=O) groups excluding carboxylic acids is 1. The predicted molar refractivity (Wildman–Crippen MR) is 64.1 cm³/mol. The first kappa shape index (κ1) is 14.2. The van der Waals surface area contributed by atoms with Gasteiger partial charge in [0.05, 0.1) is 17.9 Å². The molecule has 3 nitrogen and oxygen atoms in total. The molecular weight excluding hydrogens is 319 g/mol. The fourth-order valence-electron chi connectivity index (χ4n) is 1.18. The van der Waals surface area contributed by atoms with Crippen molar-refractivity contribution in [2.24, 2.45) is 0 Å². The molecule has 0 atom stereocenters. The zero-order valence-corrected chi connectivity index (χ0v) is 11.1. The lowest BCUT2D eigenvalue weighted by Crippen LogP contribution is -2.29. The van der Waals surface area contributed by atoms with Gasteiger partial charge in [-0.25, -0.2) is 4.79 Å².